The van der Waals surface area contributed by atoms with Crippen LogP contribution in [0.15, 0.2) is 21.9 Å². The number of hydrogen-bond acceptors (Lipinski definition) is 4. The van der Waals surface area contributed by atoms with Crippen LogP contribution < -0.4 is 11.2 Å². The van der Waals surface area contributed by atoms with Gasteiger partial charge in [0.2, 0.25) is 0 Å². The number of hydrogen-bond donors (Lipinski definition) is 2. The van der Waals surface area contributed by atoms with Crippen LogP contribution in [-0.2, 0) is 0 Å². The van der Waals surface area contributed by atoms with Crippen LogP contribution in [0.5, 0.6) is 0 Å². The summed E-state index contributed by atoms with van der Waals surface area (Å²) in [5, 5.41) is 8.27. The van der Waals surface area contributed by atoms with Gasteiger partial charge in [-0.2, -0.15) is 5.10 Å². The van der Waals surface area contributed by atoms with Gasteiger partial charge in [0.05, 0.1) is 11.3 Å². The van der Waals surface area contributed by atoms with Crippen molar-refractivity contribution >= 4 is 0 Å². The maximum atomic E-state index is 11.8. The van der Waals surface area contributed by atoms with E-state index in [0.29, 0.717) is 17.2 Å². The number of aryl methyl sites for hydroxylation is 1. The molecule has 3 rings (SSSR count). The first kappa shape index (κ1) is 13.7. The summed E-state index contributed by atoms with van der Waals surface area (Å²) in [4.78, 5) is 27.6. The molecule has 1 aliphatic carbocycles. The van der Waals surface area contributed by atoms with E-state index in [9.17, 15) is 9.59 Å². The first-order valence-electron chi connectivity index (χ1n) is 7.26. The third kappa shape index (κ3) is 2.66. The van der Waals surface area contributed by atoms with Crippen molar-refractivity contribution in [2.75, 3.05) is 0 Å². The summed E-state index contributed by atoms with van der Waals surface area (Å²) in [6.45, 7) is 4.14. The third-order valence-corrected chi connectivity index (χ3v) is 4.09. The molecule has 2 heterocycles. The summed E-state index contributed by atoms with van der Waals surface area (Å²) in [6.07, 6.45) is 4.98. The van der Waals surface area contributed by atoms with Crippen LogP contribution in [0.3, 0.4) is 0 Å². The second-order valence-electron chi connectivity index (χ2n) is 5.65. The minimum absolute atomic E-state index is 0.344. The van der Waals surface area contributed by atoms with Gasteiger partial charge < -0.3 is 4.98 Å². The van der Waals surface area contributed by atoms with E-state index in [1.165, 1.54) is 31.0 Å². The molecule has 2 atom stereocenters. The van der Waals surface area contributed by atoms with Gasteiger partial charge in [0.1, 0.15) is 5.69 Å². The molecular formula is C15H18N4O2. The predicted molar refractivity (Wildman–Crippen MR) is 79.2 cm³/mol. The van der Waals surface area contributed by atoms with E-state index in [1.54, 1.807) is 0 Å². The standard InChI is InChI=1S/C15H18N4O2/c1-3-4-9-5-11(9)10-6-13(19-18-8(10)2)12-7-16-15(21)17-14(12)20/h6-7,9,11H,3-5H2,1-2H3,(H2,16,17,20,21). The van der Waals surface area contributed by atoms with Crippen LogP contribution in [0.4, 0.5) is 0 Å². The Morgan fingerprint density at radius 2 is 2.14 bits per heavy atom. The van der Waals surface area contributed by atoms with Gasteiger partial charge >= 0.3 is 5.69 Å². The molecule has 2 N–H and O–H groups in total. The lowest BCUT2D eigenvalue weighted by molar-refractivity contribution is 0.683. The van der Waals surface area contributed by atoms with Gasteiger partial charge in [-0.05, 0) is 36.8 Å². The van der Waals surface area contributed by atoms with Crippen molar-refractivity contribution in [2.45, 2.75) is 39.0 Å². The first-order valence-corrected chi connectivity index (χ1v) is 7.26. The molecule has 6 heteroatoms. The van der Waals surface area contributed by atoms with E-state index >= 15 is 0 Å². The van der Waals surface area contributed by atoms with E-state index in [-0.39, 0.29) is 0 Å². The lowest BCUT2D eigenvalue weighted by Gasteiger charge is -2.06. The Bertz CT molecular complexity index is 778. The van der Waals surface area contributed by atoms with E-state index in [1.807, 2.05) is 13.0 Å². The summed E-state index contributed by atoms with van der Waals surface area (Å²) in [5.74, 6) is 1.25. The van der Waals surface area contributed by atoms with Crippen molar-refractivity contribution in [1.29, 1.82) is 0 Å². The van der Waals surface area contributed by atoms with E-state index < -0.39 is 11.2 Å². The molecule has 110 valence electrons. The number of aromatic amines is 2. The Labute approximate surface area is 121 Å². The molecule has 0 amide bonds. The number of aromatic nitrogens is 4. The average Bonchev–Trinajstić information content (AvgIpc) is 3.19. The molecule has 0 aliphatic heterocycles. The predicted octanol–water partition coefficient (Wildman–Crippen LogP) is 1.73. The molecular weight excluding hydrogens is 268 g/mol. The fraction of sp³-hybridized carbons (Fsp3) is 0.467. The molecule has 1 saturated carbocycles. The summed E-state index contributed by atoms with van der Waals surface area (Å²) < 4.78 is 0. The fourth-order valence-electron chi connectivity index (χ4n) is 2.89. The zero-order chi connectivity index (χ0) is 15.0. The quantitative estimate of drug-likeness (QED) is 0.895. The fourth-order valence-corrected chi connectivity index (χ4v) is 2.89. The third-order valence-electron chi connectivity index (χ3n) is 4.09. The normalized spacial score (nSPS) is 20.5. The van der Waals surface area contributed by atoms with Crippen molar-refractivity contribution in [3.05, 3.63) is 44.4 Å². The molecule has 6 nitrogen and oxygen atoms in total. The molecule has 1 aliphatic rings. The second kappa shape index (κ2) is 5.27. The number of rotatable bonds is 4. The highest BCUT2D eigenvalue weighted by molar-refractivity contribution is 5.57. The van der Waals surface area contributed by atoms with Crippen LogP contribution in [-0.4, -0.2) is 20.2 Å². The molecule has 2 aromatic heterocycles. The maximum absolute atomic E-state index is 11.8. The lowest BCUT2D eigenvalue weighted by Crippen LogP contribution is -2.23. The molecule has 2 aromatic rings. The van der Waals surface area contributed by atoms with Gasteiger partial charge in [0.15, 0.2) is 0 Å². The Morgan fingerprint density at radius 1 is 1.33 bits per heavy atom. The molecule has 1 fully saturated rings. The summed E-state index contributed by atoms with van der Waals surface area (Å²) in [7, 11) is 0. The number of nitrogens with one attached hydrogen (secondary N) is 2. The van der Waals surface area contributed by atoms with Crippen molar-refractivity contribution in [3.8, 4) is 11.3 Å². The van der Waals surface area contributed by atoms with Gasteiger partial charge in [-0.15, -0.1) is 5.10 Å². The molecule has 0 saturated heterocycles. The van der Waals surface area contributed by atoms with Gasteiger partial charge in [-0.3, -0.25) is 9.78 Å². The Kier molecular flexibility index (Phi) is 3.45. The largest absolute Gasteiger partial charge is 0.325 e. The van der Waals surface area contributed by atoms with Crippen LogP contribution in [0.1, 0.15) is 43.4 Å². The Balaban J connectivity index is 1.98. The first-order chi connectivity index (χ1) is 10.1. The molecule has 21 heavy (non-hydrogen) atoms. The number of nitrogens with zero attached hydrogens (tertiary/aromatic N) is 2. The smallest absolute Gasteiger partial charge is 0.313 e. The van der Waals surface area contributed by atoms with E-state index in [0.717, 1.165) is 11.6 Å². The molecule has 0 aromatic carbocycles. The highest BCUT2D eigenvalue weighted by Crippen LogP contribution is 2.50. The summed E-state index contributed by atoms with van der Waals surface area (Å²) in [6, 6.07) is 1.94. The topological polar surface area (TPSA) is 91.5 Å². The minimum atomic E-state index is -0.519. The van der Waals surface area contributed by atoms with Crippen LogP contribution >= 0.6 is 0 Å². The second-order valence-corrected chi connectivity index (χ2v) is 5.65. The highest BCUT2D eigenvalue weighted by atomic mass is 16.2. The molecule has 0 radical (unpaired) electrons. The van der Waals surface area contributed by atoms with Gasteiger partial charge in [0.25, 0.3) is 5.56 Å². The molecule has 0 spiro atoms. The van der Waals surface area contributed by atoms with Crippen LogP contribution in [0.25, 0.3) is 11.3 Å². The highest BCUT2D eigenvalue weighted by Gasteiger charge is 2.38. The summed E-state index contributed by atoms with van der Waals surface area (Å²) >= 11 is 0. The van der Waals surface area contributed by atoms with Gasteiger partial charge in [0, 0.05) is 6.20 Å². The summed E-state index contributed by atoms with van der Waals surface area (Å²) in [5.41, 5.74) is 1.98. The number of H-pyrrole nitrogens is 2. The van der Waals surface area contributed by atoms with Gasteiger partial charge in [-0.1, -0.05) is 19.8 Å². The van der Waals surface area contributed by atoms with Crippen molar-refractivity contribution < 1.29 is 0 Å². The van der Waals surface area contributed by atoms with Crippen molar-refractivity contribution in [1.82, 2.24) is 20.2 Å². The van der Waals surface area contributed by atoms with Crippen molar-refractivity contribution in [3.63, 3.8) is 0 Å². The van der Waals surface area contributed by atoms with E-state index in [4.69, 9.17) is 0 Å². The van der Waals surface area contributed by atoms with Crippen LogP contribution in [0.2, 0.25) is 0 Å². The minimum Gasteiger partial charge on any atom is -0.313 e. The lowest BCUT2D eigenvalue weighted by atomic mass is 10.0. The molecule has 2 unspecified atom stereocenters. The van der Waals surface area contributed by atoms with Crippen molar-refractivity contribution in [2.24, 2.45) is 5.92 Å². The van der Waals surface area contributed by atoms with Crippen LogP contribution in [0, 0.1) is 12.8 Å². The Morgan fingerprint density at radius 3 is 2.86 bits per heavy atom. The zero-order valence-corrected chi connectivity index (χ0v) is 12.1. The zero-order valence-electron chi connectivity index (χ0n) is 12.1. The average molecular weight is 286 g/mol. The molecule has 0 bridgehead atoms. The SMILES string of the molecule is CCCC1CC1c1cc(-c2c[nH]c(=O)[nH]c2=O)nnc1C. The Hall–Kier alpha value is -2.24. The van der Waals surface area contributed by atoms with Gasteiger partial charge in [-0.25, -0.2) is 4.79 Å². The monoisotopic (exact) mass is 286 g/mol. The van der Waals surface area contributed by atoms with E-state index in [2.05, 4.69) is 27.1 Å². The maximum Gasteiger partial charge on any atom is 0.325 e.